The summed E-state index contributed by atoms with van der Waals surface area (Å²) in [5, 5.41) is 3.13. The Hall–Kier alpha value is -2.49. The van der Waals surface area contributed by atoms with Crippen molar-refractivity contribution in [3.05, 3.63) is 60.7 Å². The van der Waals surface area contributed by atoms with Crippen LogP contribution in [0.2, 0.25) is 0 Å². The molecule has 1 aliphatic rings. The maximum Gasteiger partial charge on any atom is 0.223 e. The maximum absolute atomic E-state index is 12.3. The topological polar surface area (TPSA) is 54.9 Å². The number of hydrogen-bond donors (Lipinski definition) is 1. The summed E-state index contributed by atoms with van der Waals surface area (Å²) in [7, 11) is 0. The predicted molar refractivity (Wildman–Crippen MR) is 90.5 cm³/mol. The molecular formula is C19H21N3O. The van der Waals surface area contributed by atoms with Crippen LogP contribution in [0, 0.1) is 5.92 Å². The number of aromatic nitrogens is 2. The Morgan fingerprint density at radius 1 is 1.13 bits per heavy atom. The highest BCUT2D eigenvalue weighted by molar-refractivity contribution is 5.79. The Labute approximate surface area is 136 Å². The van der Waals surface area contributed by atoms with Crippen molar-refractivity contribution < 1.29 is 4.79 Å². The van der Waals surface area contributed by atoms with Crippen molar-refractivity contribution in [2.45, 2.75) is 32.2 Å². The summed E-state index contributed by atoms with van der Waals surface area (Å²) in [6.45, 7) is 2.03. The van der Waals surface area contributed by atoms with Gasteiger partial charge in [-0.25, -0.2) is 9.97 Å². The van der Waals surface area contributed by atoms with Gasteiger partial charge in [-0.3, -0.25) is 4.79 Å². The lowest BCUT2D eigenvalue weighted by molar-refractivity contribution is -0.125. The van der Waals surface area contributed by atoms with Crippen LogP contribution in [0.1, 0.15) is 37.8 Å². The number of rotatable bonds is 4. The Morgan fingerprint density at radius 3 is 2.52 bits per heavy atom. The second-order valence-corrected chi connectivity index (χ2v) is 5.96. The lowest BCUT2D eigenvalue weighted by atomic mass is 9.93. The molecule has 1 aliphatic carbocycles. The fourth-order valence-electron chi connectivity index (χ4n) is 2.86. The molecule has 2 atom stereocenters. The predicted octanol–water partition coefficient (Wildman–Crippen LogP) is 3.68. The van der Waals surface area contributed by atoms with Crippen LogP contribution in [0.4, 0.5) is 0 Å². The SMILES string of the molecule is C[C@@H](NC(=O)[C@H]1CC=CCC1)c1ccc(-c2cncnc2)cc1. The van der Waals surface area contributed by atoms with Crippen molar-refractivity contribution in [3.63, 3.8) is 0 Å². The van der Waals surface area contributed by atoms with E-state index in [-0.39, 0.29) is 17.9 Å². The van der Waals surface area contributed by atoms with Crippen molar-refractivity contribution in [1.82, 2.24) is 15.3 Å². The average Bonchev–Trinajstić information content (AvgIpc) is 2.63. The van der Waals surface area contributed by atoms with Crippen LogP contribution in [0.15, 0.2) is 55.1 Å². The van der Waals surface area contributed by atoms with Crippen LogP contribution in [0.3, 0.4) is 0 Å². The summed E-state index contributed by atoms with van der Waals surface area (Å²) in [6, 6.07) is 8.19. The lowest BCUT2D eigenvalue weighted by Gasteiger charge is -2.21. The molecule has 0 aliphatic heterocycles. The van der Waals surface area contributed by atoms with E-state index < -0.39 is 0 Å². The smallest absolute Gasteiger partial charge is 0.223 e. The molecule has 0 fully saturated rings. The quantitative estimate of drug-likeness (QED) is 0.877. The van der Waals surface area contributed by atoms with Gasteiger partial charge in [-0.1, -0.05) is 36.4 Å². The third kappa shape index (κ3) is 3.83. The molecule has 3 rings (SSSR count). The van der Waals surface area contributed by atoms with Gasteiger partial charge in [-0.05, 0) is 37.3 Å². The van der Waals surface area contributed by atoms with Gasteiger partial charge in [0.05, 0.1) is 6.04 Å². The third-order valence-corrected chi connectivity index (χ3v) is 4.30. The summed E-state index contributed by atoms with van der Waals surface area (Å²) < 4.78 is 0. The van der Waals surface area contributed by atoms with Crippen molar-refractivity contribution in [1.29, 1.82) is 0 Å². The zero-order valence-electron chi connectivity index (χ0n) is 13.3. The molecular weight excluding hydrogens is 286 g/mol. The molecule has 1 heterocycles. The Morgan fingerprint density at radius 2 is 1.87 bits per heavy atom. The highest BCUT2D eigenvalue weighted by atomic mass is 16.1. The molecule has 0 bridgehead atoms. The Bertz CT molecular complexity index is 680. The van der Waals surface area contributed by atoms with Gasteiger partial charge in [-0.15, -0.1) is 0 Å². The minimum Gasteiger partial charge on any atom is -0.349 e. The van der Waals surface area contributed by atoms with Gasteiger partial charge in [0.1, 0.15) is 6.33 Å². The van der Waals surface area contributed by atoms with Gasteiger partial charge >= 0.3 is 0 Å². The molecule has 4 heteroatoms. The van der Waals surface area contributed by atoms with E-state index in [0.717, 1.165) is 36.0 Å². The van der Waals surface area contributed by atoms with Gasteiger partial charge < -0.3 is 5.32 Å². The fraction of sp³-hybridized carbons (Fsp3) is 0.316. The summed E-state index contributed by atoms with van der Waals surface area (Å²) >= 11 is 0. The van der Waals surface area contributed by atoms with Gasteiger partial charge in [-0.2, -0.15) is 0 Å². The highest BCUT2D eigenvalue weighted by Gasteiger charge is 2.20. The van der Waals surface area contributed by atoms with Crippen LogP contribution in [-0.4, -0.2) is 15.9 Å². The molecule has 2 aromatic rings. The number of allylic oxidation sites excluding steroid dienone is 2. The number of carbonyl (C=O) groups excluding carboxylic acids is 1. The van der Waals surface area contributed by atoms with E-state index >= 15 is 0 Å². The van der Waals surface area contributed by atoms with Gasteiger partial charge in [0.25, 0.3) is 0 Å². The van der Waals surface area contributed by atoms with Gasteiger partial charge in [0, 0.05) is 23.9 Å². The third-order valence-electron chi connectivity index (χ3n) is 4.30. The highest BCUT2D eigenvalue weighted by Crippen LogP contribution is 2.22. The number of carbonyl (C=O) groups is 1. The average molecular weight is 307 g/mol. The number of benzene rings is 1. The first-order valence-electron chi connectivity index (χ1n) is 8.05. The molecule has 1 N–H and O–H groups in total. The molecule has 23 heavy (non-hydrogen) atoms. The molecule has 0 saturated heterocycles. The van der Waals surface area contributed by atoms with Crippen LogP contribution < -0.4 is 5.32 Å². The summed E-state index contributed by atoms with van der Waals surface area (Å²) in [5.41, 5.74) is 3.17. The fourth-order valence-corrected chi connectivity index (χ4v) is 2.86. The van der Waals surface area contributed by atoms with E-state index in [4.69, 9.17) is 0 Å². The van der Waals surface area contributed by atoms with Crippen LogP contribution in [0.5, 0.6) is 0 Å². The number of nitrogens with zero attached hydrogens (tertiary/aromatic N) is 2. The van der Waals surface area contributed by atoms with E-state index in [1.54, 1.807) is 12.4 Å². The Balaban J connectivity index is 1.64. The Kier molecular flexibility index (Phi) is 4.81. The van der Waals surface area contributed by atoms with Crippen molar-refractivity contribution in [3.8, 4) is 11.1 Å². The first-order chi connectivity index (χ1) is 11.2. The minimum atomic E-state index is 0.00878. The first kappa shape index (κ1) is 15.4. The van der Waals surface area contributed by atoms with Crippen LogP contribution in [0.25, 0.3) is 11.1 Å². The van der Waals surface area contributed by atoms with E-state index in [9.17, 15) is 4.79 Å². The molecule has 1 aromatic heterocycles. The molecule has 1 aromatic carbocycles. The molecule has 0 saturated carbocycles. The summed E-state index contributed by atoms with van der Waals surface area (Å²) in [6.07, 6.45) is 12.2. The monoisotopic (exact) mass is 307 g/mol. The first-order valence-corrected chi connectivity index (χ1v) is 8.05. The molecule has 1 amide bonds. The number of hydrogen-bond acceptors (Lipinski definition) is 3. The lowest BCUT2D eigenvalue weighted by Crippen LogP contribution is -2.33. The second-order valence-electron chi connectivity index (χ2n) is 5.96. The van der Waals surface area contributed by atoms with E-state index in [1.165, 1.54) is 6.33 Å². The van der Waals surface area contributed by atoms with Gasteiger partial charge in [0.2, 0.25) is 5.91 Å². The standard InChI is InChI=1S/C19H21N3O/c1-14(22-19(23)17-5-3-2-4-6-17)15-7-9-16(10-8-15)18-11-20-13-21-12-18/h2-3,7-14,17H,4-6H2,1H3,(H,22,23)/t14-,17+/m1/s1. The summed E-state index contributed by atoms with van der Waals surface area (Å²) in [4.78, 5) is 20.4. The minimum absolute atomic E-state index is 0.00878. The van der Waals surface area contributed by atoms with Crippen molar-refractivity contribution in [2.24, 2.45) is 5.92 Å². The molecule has 0 unspecified atom stereocenters. The van der Waals surface area contributed by atoms with E-state index in [0.29, 0.717) is 0 Å². The molecule has 0 radical (unpaired) electrons. The molecule has 4 nitrogen and oxygen atoms in total. The maximum atomic E-state index is 12.3. The molecule has 118 valence electrons. The normalized spacial score (nSPS) is 18.4. The van der Waals surface area contributed by atoms with E-state index in [2.05, 4.69) is 27.4 Å². The van der Waals surface area contributed by atoms with Crippen molar-refractivity contribution >= 4 is 5.91 Å². The van der Waals surface area contributed by atoms with E-state index in [1.807, 2.05) is 31.2 Å². The zero-order valence-corrected chi connectivity index (χ0v) is 13.3. The number of nitrogens with one attached hydrogen (secondary N) is 1. The number of amides is 1. The summed E-state index contributed by atoms with van der Waals surface area (Å²) in [5.74, 6) is 0.269. The van der Waals surface area contributed by atoms with Gasteiger partial charge in [0.15, 0.2) is 0 Å². The van der Waals surface area contributed by atoms with Crippen LogP contribution >= 0.6 is 0 Å². The largest absolute Gasteiger partial charge is 0.349 e. The van der Waals surface area contributed by atoms with Crippen LogP contribution in [-0.2, 0) is 4.79 Å². The zero-order chi connectivity index (χ0) is 16.1. The molecule has 0 spiro atoms. The second kappa shape index (κ2) is 7.18. The van der Waals surface area contributed by atoms with Crippen molar-refractivity contribution in [2.75, 3.05) is 0 Å².